The molecule has 1 saturated heterocycles. The minimum absolute atomic E-state index is 0.419. The lowest BCUT2D eigenvalue weighted by Gasteiger charge is -2.26. The van der Waals surface area contributed by atoms with Crippen LogP contribution in [0.3, 0.4) is 0 Å². The van der Waals surface area contributed by atoms with Gasteiger partial charge < -0.3 is 10.3 Å². The number of fused-ring (bicyclic) bond motifs is 1. The van der Waals surface area contributed by atoms with E-state index >= 15 is 0 Å². The molecule has 0 bridgehead atoms. The summed E-state index contributed by atoms with van der Waals surface area (Å²) in [5.41, 5.74) is 5.02. The van der Waals surface area contributed by atoms with Gasteiger partial charge in [-0.1, -0.05) is 12.8 Å². The van der Waals surface area contributed by atoms with Crippen molar-refractivity contribution in [3.8, 4) is 0 Å². The number of benzene rings is 1. The third-order valence-corrected chi connectivity index (χ3v) is 7.87. The van der Waals surface area contributed by atoms with E-state index in [-0.39, 0.29) is 0 Å². The van der Waals surface area contributed by atoms with Crippen LogP contribution in [-0.2, 0) is 0 Å². The highest BCUT2D eigenvalue weighted by Crippen LogP contribution is 2.33. The second-order valence-corrected chi connectivity index (χ2v) is 9.89. The Labute approximate surface area is 172 Å². The van der Waals surface area contributed by atoms with E-state index in [1.807, 2.05) is 11.8 Å². The van der Waals surface area contributed by atoms with Gasteiger partial charge in [0, 0.05) is 23.2 Å². The summed E-state index contributed by atoms with van der Waals surface area (Å²) in [6.45, 7) is 7.05. The van der Waals surface area contributed by atoms with E-state index in [9.17, 15) is 0 Å². The van der Waals surface area contributed by atoms with Gasteiger partial charge in [0.2, 0.25) is 0 Å². The molecule has 1 aromatic carbocycles. The van der Waals surface area contributed by atoms with Crippen LogP contribution in [0.2, 0.25) is 0 Å². The van der Waals surface area contributed by atoms with E-state index in [2.05, 4.69) is 47.2 Å². The number of aromatic nitrogens is 1. The minimum Gasteiger partial charge on any atom is -0.381 e. The number of aliphatic imine (C=N–C) groups is 1. The number of nitrogens with one attached hydrogen (secondary N) is 2. The average molecular weight is 397 g/mol. The van der Waals surface area contributed by atoms with E-state index in [4.69, 9.17) is 4.99 Å². The highest BCUT2D eigenvalue weighted by molar-refractivity contribution is 8.14. The molecule has 2 fully saturated rings. The van der Waals surface area contributed by atoms with E-state index in [1.165, 1.54) is 84.5 Å². The topological polar surface area (TPSA) is 43.4 Å². The molecule has 3 heterocycles. The number of anilines is 1. The second-order valence-electron chi connectivity index (χ2n) is 8.88. The molecule has 28 heavy (non-hydrogen) atoms. The van der Waals surface area contributed by atoms with Crippen molar-refractivity contribution in [2.24, 2.45) is 4.99 Å². The molecule has 2 aliphatic heterocycles. The van der Waals surface area contributed by atoms with Crippen molar-refractivity contribution >= 4 is 33.4 Å². The van der Waals surface area contributed by atoms with Crippen LogP contribution in [0.5, 0.6) is 0 Å². The molecule has 4 nitrogen and oxygen atoms in total. The molecule has 5 rings (SSSR count). The summed E-state index contributed by atoms with van der Waals surface area (Å²) in [5.74, 6) is 1.11. The van der Waals surface area contributed by atoms with Crippen LogP contribution in [0.1, 0.15) is 56.7 Å². The first kappa shape index (κ1) is 18.6. The van der Waals surface area contributed by atoms with Crippen LogP contribution in [0.15, 0.2) is 23.2 Å². The maximum absolute atomic E-state index is 5.14. The van der Waals surface area contributed by atoms with Crippen molar-refractivity contribution in [3.05, 3.63) is 29.5 Å². The van der Waals surface area contributed by atoms with Crippen LogP contribution in [0, 0.1) is 6.92 Å². The van der Waals surface area contributed by atoms with E-state index in [0.717, 1.165) is 5.75 Å². The van der Waals surface area contributed by atoms with Crippen molar-refractivity contribution in [2.75, 3.05) is 24.2 Å². The maximum Gasteiger partial charge on any atom is 0.114 e. The molecule has 150 valence electrons. The molecule has 1 aromatic heterocycles. The van der Waals surface area contributed by atoms with Gasteiger partial charge in [0.25, 0.3) is 0 Å². The predicted molar refractivity (Wildman–Crippen MR) is 122 cm³/mol. The van der Waals surface area contributed by atoms with Crippen LogP contribution >= 0.6 is 11.8 Å². The monoisotopic (exact) mass is 396 g/mol. The summed E-state index contributed by atoms with van der Waals surface area (Å²) in [6.07, 6.45) is 7.99. The fraction of sp³-hybridized carbons (Fsp3) is 0.609. The molecule has 3 aliphatic rings. The zero-order valence-corrected chi connectivity index (χ0v) is 17.9. The third-order valence-electron chi connectivity index (χ3n) is 6.77. The molecular formula is C23H32N4S. The van der Waals surface area contributed by atoms with E-state index in [1.54, 1.807) is 0 Å². The van der Waals surface area contributed by atoms with Gasteiger partial charge in [0.1, 0.15) is 5.04 Å². The molecule has 0 spiro atoms. The number of aryl methyl sites for hydroxylation is 1. The SMILES string of the molecule is Cc1cc(NC2CCCC2)c2[nH]c(C3=N[C@@H](C(C)N4CCCC4)CS3)cc2c1. The number of likely N-dealkylation sites (tertiary alicyclic amines) is 1. The van der Waals surface area contributed by atoms with Gasteiger partial charge in [-0.25, -0.2) is 0 Å². The maximum atomic E-state index is 5.14. The lowest BCUT2D eigenvalue weighted by Crippen LogP contribution is -2.39. The quantitative estimate of drug-likeness (QED) is 0.732. The van der Waals surface area contributed by atoms with Crippen molar-refractivity contribution in [1.29, 1.82) is 0 Å². The Morgan fingerprint density at radius 2 is 1.93 bits per heavy atom. The first-order valence-electron chi connectivity index (χ1n) is 11.0. The Morgan fingerprint density at radius 3 is 2.71 bits per heavy atom. The van der Waals surface area contributed by atoms with Crippen LogP contribution in [0.4, 0.5) is 5.69 Å². The van der Waals surface area contributed by atoms with Crippen LogP contribution in [0.25, 0.3) is 10.9 Å². The van der Waals surface area contributed by atoms with Crippen molar-refractivity contribution in [1.82, 2.24) is 9.88 Å². The summed E-state index contributed by atoms with van der Waals surface area (Å²) >= 11 is 1.92. The first-order valence-corrected chi connectivity index (χ1v) is 12.0. The number of aromatic amines is 1. The number of rotatable bonds is 5. The summed E-state index contributed by atoms with van der Waals surface area (Å²) in [7, 11) is 0. The third kappa shape index (κ3) is 3.59. The normalized spacial score (nSPS) is 24.9. The molecule has 0 radical (unpaired) electrons. The molecule has 2 aromatic rings. The van der Waals surface area contributed by atoms with Crippen molar-refractivity contribution in [2.45, 2.75) is 70.5 Å². The minimum atomic E-state index is 0.419. The van der Waals surface area contributed by atoms with Crippen LogP contribution < -0.4 is 5.32 Å². The number of hydrogen-bond donors (Lipinski definition) is 2. The molecule has 5 heteroatoms. The predicted octanol–water partition coefficient (Wildman–Crippen LogP) is 5.18. The van der Waals surface area contributed by atoms with Gasteiger partial charge in [-0.2, -0.15) is 0 Å². The van der Waals surface area contributed by atoms with Gasteiger partial charge in [0.05, 0.1) is 22.9 Å². The van der Waals surface area contributed by atoms with Gasteiger partial charge in [0.15, 0.2) is 0 Å². The molecule has 0 amide bonds. The Kier molecular flexibility index (Phi) is 5.14. The van der Waals surface area contributed by atoms with Crippen molar-refractivity contribution < 1.29 is 0 Å². The van der Waals surface area contributed by atoms with Crippen molar-refractivity contribution in [3.63, 3.8) is 0 Å². The zero-order valence-electron chi connectivity index (χ0n) is 17.1. The Bertz CT molecular complexity index is 874. The summed E-state index contributed by atoms with van der Waals surface area (Å²) < 4.78 is 0. The number of hydrogen-bond acceptors (Lipinski definition) is 4. The summed E-state index contributed by atoms with van der Waals surface area (Å²) in [5, 5.41) is 6.30. The first-order chi connectivity index (χ1) is 13.7. The zero-order chi connectivity index (χ0) is 19.1. The van der Waals surface area contributed by atoms with Gasteiger partial charge in [-0.3, -0.25) is 9.89 Å². The average Bonchev–Trinajstić information content (AvgIpc) is 3.46. The number of thioether (sulfide) groups is 1. The Hall–Kier alpha value is -1.46. The largest absolute Gasteiger partial charge is 0.381 e. The van der Waals surface area contributed by atoms with Gasteiger partial charge in [-0.15, -0.1) is 11.8 Å². The smallest absolute Gasteiger partial charge is 0.114 e. The fourth-order valence-corrected chi connectivity index (χ4v) is 6.25. The molecule has 1 saturated carbocycles. The van der Waals surface area contributed by atoms with E-state index < -0.39 is 0 Å². The fourth-order valence-electron chi connectivity index (χ4n) is 5.09. The molecule has 1 aliphatic carbocycles. The van der Waals surface area contributed by atoms with Gasteiger partial charge in [-0.05, 0) is 76.4 Å². The molecule has 2 N–H and O–H groups in total. The lowest BCUT2D eigenvalue weighted by molar-refractivity contribution is 0.237. The summed E-state index contributed by atoms with van der Waals surface area (Å²) in [4.78, 5) is 11.5. The van der Waals surface area contributed by atoms with Gasteiger partial charge >= 0.3 is 0 Å². The Balaban J connectivity index is 1.40. The van der Waals surface area contributed by atoms with Crippen LogP contribution in [-0.4, -0.2) is 51.9 Å². The molecule has 1 unspecified atom stereocenters. The number of nitrogens with zero attached hydrogens (tertiary/aromatic N) is 2. The standard InChI is InChI=1S/C23H32N4S/c1-15-11-17-13-20(25-22(17)19(12-15)24-18-7-3-4-8-18)23-26-21(14-28-23)16(2)27-9-5-6-10-27/h11-13,16,18,21,24-25H,3-10,14H2,1-2H3/t16?,21-/m1/s1. The number of H-pyrrole nitrogens is 1. The molecular weight excluding hydrogens is 364 g/mol. The second kappa shape index (κ2) is 7.75. The van der Waals surface area contributed by atoms with E-state index in [0.29, 0.717) is 18.1 Å². The summed E-state index contributed by atoms with van der Waals surface area (Å²) in [6, 6.07) is 8.49. The highest BCUT2D eigenvalue weighted by Gasteiger charge is 2.30. The highest BCUT2D eigenvalue weighted by atomic mass is 32.2. The lowest BCUT2D eigenvalue weighted by atomic mass is 10.1. The molecule has 2 atom stereocenters. The Morgan fingerprint density at radius 1 is 1.14 bits per heavy atom.